The Labute approximate surface area is 78.7 Å². The maximum absolute atomic E-state index is 11.9. The van der Waals surface area contributed by atoms with Crippen LogP contribution in [0.2, 0.25) is 0 Å². The number of nitrogens with one attached hydrogen (secondary N) is 1. The molecule has 3 nitrogen and oxygen atoms in total. The molecule has 0 aliphatic carbocycles. The zero-order valence-corrected chi connectivity index (χ0v) is 7.48. The van der Waals surface area contributed by atoms with Gasteiger partial charge in [0.05, 0.1) is 12.7 Å². The number of rotatable bonds is 4. The van der Waals surface area contributed by atoms with Crippen LogP contribution < -0.4 is 0 Å². The van der Waals surface area contributed by atoms with Crippen molar-refractivity contribution in [2.45, 2.75) is 25.9 Å². The molecule has 0 radical (unpaired) electrons. The Morgan fingerprint density at radius 2 is 2.00 bits per heavy atom. The fourth-order valence-electron chi connectivity index (χ4n) is 0.770. The normalized spacial score (nSPS) is 12.7. The Balaban J connectivity index is 4.61. The highest BCUT2D eigenvalue weighted by Crippen LogP contribution is 2.24. The van der Waals surface area contributed by atoms with E-state index in [-0.39, 0.29) is 12.7 Å². The lowest BCUT2D eigenvalue weighted by Gasteiger charge is -2.09. The second kappa shape index (κ2) is 4.78. The minimum atomic E-state index is -4.53. The Morgan fingerprint density at radius 3 is 2.29 bits per heavy atom. The fourth-order valence-corrected chi connectivity index (χ4v) is 0.770. The minimum Gasteiger partial charge on any atom is -0.515 e. The van der Waals surface area contributed by atoms with E-state index in [1.807, 2.05) is 0 Å². The van der Waals surface area contributed by atoms with E-state index in [1.165, 1.54) is 6.92 Å². The largest absolute Gasteiger partial charge is 0.515 e. The average molecular weight is 209 g/mol. The van der Waals surface area contributed by atoms with Gasteiger partial charge in [-0.15, -0.1) is 0 Å². The van der Waals surface area contributed by atoms with Crippen LogP contribution in [0.3, 0.4) is 0 Å². The summed E-state index contributed by atoms with van der Waals surface area (Å²) in [7, 11) is 0. The standard InChI is InChI=1S/C8H10F3NO2/c1-2-6(14)7(12)5(4-13)3-8(9,10)11/h4,12-13H,2-3H2,1H3/b5-4-,12-7?. The lowest BCUT2D eigenvalue weighted by Crippen LogP contribution is -2.19. The molecule has 0 spiro atoms. The molecule has 0 saturated carbocycles. The predicted molar refractivity (Wildman–Crippen MR) is 44.4 cm³/mol. The number of Topliss-reactive ketones (excluding diaryl/α,β-unsaturated/α-hetero) is 1. The first kappa shape index (κ1) is 12.7. The van der Waals surface area contributed by atoms with Gasteiger partial charge in [-0.2, -0.15) is 13.2 Å². The van der Waals surface area contributed by atoms with Crippen molar-refractivity contribution in [1.29, 1.82) is 5.41 Å². The van der Waals surface area contributed by atoms with Crippen LogP contribution >= 0.6 is 0 Å². The van der Waals surface area contributed by atoms with Gasteiger partial charge < -0.3 is 5.11 Å². The molecule has 0 amide bonds. The first-order valence-electron chi connectivity index (χ1n) is 3.84. The van der Waals surface area contributed by atoms with Gasteiger partial charge >= 0.3 is 6.18 Å². The van der Waals surface area contributed by atoms with Crippen molar-refractivity contribution in [1.82, 2.24) is 0 Å². The maximum Gasteiger partial charge on any atom is 0.393 e. The summed E-state index contributed by atoms with van der Waals surface area (Å²) in [4.78, 5) is 10.9. The summed E-state index contributed by atoms with van der Waals surface area (Å²) in [6, 6.07) is 0. The molecule has 6 heteroatoms. The van der Waals surface area contributed by atoms with E-state index in [9.17, 15) is 18.0 Å². The molecule has 0 aliphatic rings. The summed E-state index contributed by atoms with van der Waals surface area (Å²) in [5.41, 5.74) is -1.49. The Morgan fingerprint density at radius 1 is 1.50 bits per heavy atom. The van der Waals surface area contributed by atoms with E-state index >= 15 is 0 Å². The van der Waals surface area contributed by atoms with Gasteiger partial charge in [0, 0.05) is 12.0 Å². The van der Waals surface area contributed by atoms with Gasteiger partial charge in [-0.3, -0.25) is 10.2 Å². The number of alkyl halides is 3. The van der Waals surface area contributed by atoms with Crippen LogP contribution in [0.1, 0.15) is 19.8 Å². The number of ketones is 1. The van der Waals surface area contributed by atoms with Crippen LogP contribution in [0.4, 0.5) is 13.2 Å². The molecule has 0 heterocycles. The van der Waals surface area contributed by atoms with Crippen LogP contribution in [0.25, 0.3) is 0 Å². The summed E-state index contributed by atoms with van der Waals surface area (Å²) in [6.45, 7) is 1.43. The number of halogens is 3. The first-order valence-corrected chi connectivity index (χ1v) is 3.84. The van der Waals surface area contributed by atoms with Crippen molar-refractivity contribution >= 4 is 11.5 Å². The van der Waals surface area contributed by atoms with Crippen molar-refractivity contribution in [3.8, 4) is 0 Å². The first-order chi connectivity index (χ1) is 6.31. The molecule has 2 N–H and O–H groups in total. The highest BCUT2D eigenvalue weighted by Gasteiger charge is 2.31. The van der Waals surface area contributed by atoms with Gasteiger partial charge in [0.15, 0.2) is 5.78 Å². The quantitative estimate of drug-likeness (QED) is 0.551. The summed E-state index contributed by atoms with van der Waals surface area (Å²) in [5, 5.41) is 15.5. The number of allylic oxidation sites excluding steroid dienone is 1. The number of hydrogen-bond acceptors (Lipinski definition) is 3. The van der Waals surface area contributed by atoms with E-state index < -0.39 is 29.7 Å². The molecule has 0 aromatic carbocycles. The molecule has 0 unspecified atom stereocenters. The highest BCUT2D eigenvalue weighted by molar-refractivity contribution is 6.44. The van der Waals surface area contributed by atoms with Gasteiger partial charge in [0.2, 0.25) is 0 Å². The average Bonchev–Trinajstić information content (AvgIpc) is 2.10. The number of aliphatic hydroxyl groups is 1. The number of hydrogen-bond donors (Lipinski definition) is 2. The van der Waals surface area contributed by atoms with Crippen LogP contribution in [-0.2, 0) is 4.79 Å². The molecule has 0 saturated heterocycles. The van der Waals surface area contributed by atoms with E-state index in [0.717, 1.165) is 0 Å². The van der Waals surface area contributed by atoms with Crippen LogP contribution in [0, 0.1) is 5.41 Å². The van der Waals surface area contributed by atoms with Crippen molar-refractivity contribution in [2.24, 2.45) is 0 Å². The van der Waals surface area contributed by atoms with E-state index in [0.29, 0.717) is 0 Å². The van der Waals surface area contributed by atoms with E-state index in [1.54, 1.807) is 0 Å². The van der Waals surface area contributed by atoms with Crippen LogP contribution in [0.15, 0.2) is 11.8 Å². The Hall–Kier alpha value is -1.33. The molecule has 0 atom stereocenters. The third-order valence-electron chi connectivity index (χ3n) is 1.47. The van der Waals surface area contributed by atoms with E-state index in [4.69, 9.17) is 10.5 Å². The number of aliphatic hydroxyl groups excluding tert-OH is 1. The minimum absolute atomic E-state index is 0.0615. The van der Waals surface area contributed by atoms with Crippen molar-refractivity contribution in [3.05, 3.63) is 11.8 Å². The Kier molecular flexibility index (Phi) is 4.33. The molecule has 0 aromatic heterocycles. The topological polar surface area (TPSA) is 61.2 Å². The van der Waals surface area contributed by atoms with Crippen LogP contribution in [-0.4, -0.2) is 22.8 Å². The summed E-state index contributed by atoms with van der Waals surface area (Å²) in [6.07, 6.45) is -5.90. The van der Waals surface area contributed by atoms with Crippen molar-refractivity contribution in [2.75, 3.05) is 0 Å². The van der Waals surface area contributed by atoms with Crippen molar-refractivity contribution in [3.63, 3.8) is 0 Å². The zero-order valence-electron chi connectivity index (χ0n) is 7.48. The summed E-state index contributed by atoms with van der Waals surface area (Å²) in [5.74, 6) is -0.727. The maximum atomic E-state index is 11.9. The predicted octanol–water partition coefficient (Wildman–Crippen LogP) is 2.38. The van der Waals surface area contributed by atoms with Crippen molar-refractivity contribution < 1.29 is 23.1 Å². The van der Waals surface area contributed by atoms with Gasteiger partial charge in [-0.05, 0) is 0 Å². The fraction of sp³-hybridized carbons (Fsp3) is 0.500. The molecule has 0 fully saturated rings. The van der Waals surface area contributed by atoms with Gasteiger partial charge in [0.25, 0.3) is 0 Å². The lowest BCUT2D eigenvalue weighted by atomic mass is 10.0. The molecule has 80 valence electrons. The van der Waals surface area contributed by atoms with Gasteiger partial charge in [-0.25, -0.2) is 0 Å². The molecule has 0 aromatic rings. The summed E-state index contributed by atoms with van der Waals surface area (Å²) >= 11 is 0. The number of carbonyl (C=O) groups excluding carboxylic acids is 1. The third kappa shape index (κ3) is 4.06. The number of carbonyl (C=O) groups is 1. The zero-order chi connectivity index (χ0) is 11.4. The third-order valence-corrected chi connectivity index (χ3v) is 1.47. The molecule has 14 heavy (non-hydrogen) atoms. The Bertz CT molecular complexity index is 268. The van der Waals surface area contributed by atoms with E-state index in [2.05, 4.69) is 0 Å². The molecule has 0 rings (SSSR count). The van der Waals surface area contributed by atoms with Gasteiger partial charge in [-0.1, -0.05) is 6.92 Å². The smallest absolute Gasteiger partial charge is 0.393 e. The molecule has 0 bridgehead atoms. The second-order valence-corrected chi connectivity index (χ2v) is 2.60. The molecule has 0 aliphatic heterocycles. The summed E-state index contributed by atoms with van der Waals surface area (Å²) < 4.78 is 35.6. The monoisotopic (exact) mass is 209 g/mol. The van der Waals surface area contributed by atoms with Crippen LogP contribution in [0.5, 0.6) is 0 Å². The highest BCUT2D eigenvalue weighted by atomic mass is 19.4. The van der Waals surface area contributed by atoms with Gasteiger partial charge in [0.1, 0.15) is 5.71 Å². The molecular formula is C8H10F3NO2. The second-order valence-electron chi connectivity index (χ2n) is 2.60. The SMILES string of the molecule is CCC(=O)C(=N)/C(=C\O)CC(F)(F)F. The molecular weight excluding hydrogens is 199 g/mol. The lowest BCUT2D eigenvalue weighted by molar-refractivity contribution is -0.126.